The van der Waals surface area contributed by atoms with E-state index in [-0.39, 0.29) is 11.3 Å². The van der Waals surface area contributed by atoms with Gasteiger partial charge in [-0.2, -0.15) is 0 Å². The van der Waals surface area contributed by atoms with Crippen molar-refractivity contribution < 1.29 is 9.94 Å². The van der Waals surface area contributed by atoms with Gasteiger partial charge in [0.05, 0.1) is 6.61 Å². The zero-order valence-corrected chi connectivity index (χ0v) is 10.2. The molecule has 0 radical (unpaired) electrons. The zero-order valence-electron chi connectivity index (χ0n) is 10.2. The Labute approximate surface area is 97.0 Å². The second kappa shape index (κ2) is 6.06. The molecule has 4 N–H and O–H groups in total. The summed E-state index contributed by atoms with van der Waals surface area (Å²) in [6.45, 7) is 6.48. The third-order valence-corrected chi connectivity index (χ3v) is 3.14. The average Bonchev–Trinajstić information content (AvgIpc) is 2.29. The highest BCUT2D eigenvalue weighted by Crippen LogP contribution is 2.19. The molecule has 5 heteroatoms. The Bertz CT molecular complexity index is 235. The summed E-state index contributed by atoms with van der Waals surface area (Å²) >= 11 is 0. The van der Waals surface area contributed by atoms with E-state index in [4.69, 9.17) is 15.7 Å². The first-order valence-corrected chi connectivity index (χ1v) is 5.85. The minimum Gasteiger partial charge on any atom is -0.409 e. The van der Waals surface area contributed by atoms with Crippen LogP contribution in [0, 0.1) is 5.41 Å². The van der Waals surface area contributed by atoms with Crippen molar-refractivity contribution in [2.45, 2.75) is 39.2 Å². The van der Waals surface area contributed by atoms with Gasteiger partial charge in [-0.25, -0.2) is 0 Å². The summed E-state index contributed by atoms with van der Waals surface area (Å²) in [4.78, 5) is 0. The monoisotopic (exact) mass is 229 g/mol. The lowest BCUT2D eigenvalue weighted by molar-refractivity contribution is 0.0699. The topological polar surface area (TPSA) is 79.9 Å². The molecule has 0 aromatic heterocycles. The molecule has 1 unspecified atom stereocenters. The number of nitrogens with zero attached hydrogens (tertiary/aromatic N) is 1. The molecule has 1 rings (SSSR count). The third kappa shape index (κ3) is 3.98. The van der Waals surface area contributed by atoms with Gasteiger partial charge in [-0.05, 0) is 25.8 Å². The summed E-state index contributed by atoms with van der Waals surface area (Å²) in [5.41, 5.74) is 5.35. The van der Waals surface area contributed by atoms with Crippen molar-refractivity contribution in [1.29, 1.82) is 0 Å². The Morgan fingerprint density at radius 2 is 2.38 bits per heavy atom. The molecule has 16 heavy (non-hydrogen) atoms. The van der Waals surface area contributed by atoms with E-state index in [0.717, 1.165) is 32.6 Å². The van der Waals surface area contributed by atoms with Crippen LogP contribution in [-0.4, -0.2) is 36.8 Å². The van der Waals surface area contributed by atoms with Gasteiger partial charge in [-0.3, -0.25) is 0 Å². The van der Waals surface area contributed by atoms with E-state index in [1.54, 1.807) is 0 Å². The summed E-state index contributed by atoms with van der Waals surface area (Å²) in [5, 5.41) is 15.1. The zero-order chi connectivity index (χ0) is 12.0. The van der Waals surface area contributed by atoms with Gasteiger partial charge in [0.15, 0.2) is 0 Å². The molecule has 0 spiro atoms. The number of amidine groups is 1. The lowest BCUT2D eigenvalue weighted by atomic mass is 9.88. The number of nitrogens with one attached hydrogen (secondary N) is 1. The number of hydrogen-bond acceptors (Lipinski definition) is 4. The highest BCUT2D eigenvalue weighted by molar-refractivity contribution is 5.85. The van der Waals surface area contributed by atoms with Crippen molar-refractivity contribution in [2.24, 2.45) is 16.3 Å². The van der Waals surface area contributed by atoms with Gasteiger partial charge in [0, 0.05) is 18.1 Å². The normalized spacial score (nSPS) is 23.4. The van der Waals surface area contributed by atoms with Gasteiger partial charge < -0.3 is 21.0 Å². The fourth-order valence-electron chi connectivity index (χ4n) is 1.75. The van der Waals surface area contributed by atoms with Crippen molar-refractivity contribution in [3.05, 3.63) is 0 Å². The average molecular weight is 229 g/mol. The van der Waals surface area contributed by atoms with Crippen LogP contribution in [0.2, 0.25) is 0 Å². The van der Waals surface area contributed by atoms with Crippen molar-refractivity contribution in [3.63, 3.8) is 0 Å². The molecular weight excluding hydrogens is 206 g/mol. The van der Waals surface area contributed by atoms with Gasteiger partial charge in [0.1, 0.15) is 5.84 Å². The van der Waals surface area contributed by atoms with Crippen molar-refractivity contribution >= 4 is 5.84 Å². The van der Waals surface area contributed by atoms with Crippen LogP contribution < -0.4 is 11.1 Å². The Kier molecular flexibility index (Phi) is 5.02. The number of oxime groups is 1. The van der Waals surface area contributed by atoms with Crippen molar-refractivity contribution in [3.8, 4) is 0 Å². The lowest BCUT2D eigenvalue weighted by Crippen LogP contribution is -2.40. The molecule has 0 bridgehead atoms. The largest absolute Gasteiger partial charge is 0.409 e. The molecule has 0 aromatic rings. The molecule has 1 aliphatic heterocycles. The molecule has 94 valence electrons. The summed E-state index contributed by atoms with van der Waals surface area (Å²) in [7, 11) is 0. The fraction of sp³-hybridized carbons (Fsp3) is 0.909. The number of ether oxygens (including phenoxy) is 1. The van der Waals surface area contributed by atoms with Crippen molar-refractivity contribution in [2.75, 3.05) is 19.8 Å². The third-order valence-electron chi connectivity index (χ3n) is 3.14. The molecular formula is C11H23N3O2. The standard InChI is InChI=1S/C11H23N3O2/c1-11(2,10(12)14-15)5-6-13-9-4-3-7-16-8-9/h9,13,15H,3-8H2,1-2H3,(H2,12,14). The summed E-state index contributed by atoms with van der Waals surface area (Å²) in [6, 6.07) is 0.455. The van der Waals surface area contributed by atoms with E-state index in [9.17, 15) is 0 Å². The minimum absolute atomic E-state index is 0.267. The quantitative estimate of drug-likeness (QED) is 0.283. The Hall–Kier alpha value is -0.810. The first-order chi connectivity index (χ1) is 7.56. The summed E-state index contributed by atoms with van der Waals surface area (Å²) in [5.74, 6) is 0.286. The van der Waals surface area contributed by atoms with Crippen LogP contribution in [0.15, 0.2) is 5.16 Å². The van der Waals surface area contributed by atoms with Crippen LogP contribution in [0.3, 0.4) is 0 Å². The van der Waals surface area contributed by atoms with Crippen LogP contribution in [-0.2, 0) is 4.74 Å². The SMILES string of the molecule is CC(C)(CCNC1CCCOC1)C(N)=NO. The highest BCUT2D eigenvalue weighted by Gasteiger charge is 2.23. The maximum absolute atomic E-state index is 8.64. The predicted molar refractivity (Wildman–Crippen MR) is 63.7 cm³/mol. The summed E-state index contributed by atoms with van der Waals surface area (Å²) in [6.07, 6.45) is 3.14. The second-order valence-electron chi connectivity index (χ2n) is 4.99. The molecule has 1 heterocycles. The van der Waals surface area contributed by atoms with Gasteiger partial charge in [-0.1, -0.05) is 19.0 Å². The van der Waals surface area contributed by atoms with Crippen LogP contribution >= 0.6 is 0 Å². The van der Waals surface area contributed by atoms with E-state index < -0.39 is 0 Å². The highest BCUT2D eigenvalue weighted by atomic mass is 16.5. The molecule has 0 amide bonds. The molecule has 0 aromatic carbocycles. The van der Waals surface area contributed by atoms with Crippen LogP contribution in [0.5, 0.6) is 0 Å². The number of rotatable bonds is 5. The van der Waals surface area contributed by atoms with Gasteiger partial charge in [0.25, 0.3) is 0 Å². The van der Waals surface area contributed by atoms with E-state index in [0.29, 0.717) is 6.04 Å². The molecule has 1 aliphatic rings. The molecule has 0 saturated carbocycles. The van der Waals surface area contributed by atoms with Gasteiger partial charge in [-0.15, -0.1) is 0 Å². The number of hydrogen-bond donors (Lipinski definition) is 3. The van der Waals surface area contributed by atoms with E-state index in [1.807, 2.05) is 13.8 Å². The first-order valence-electron chi connectivity index (χ1n) is 5.85. The molecule has 5 nitrogen and oxygen atoms in total. The van der Waals surface area contributed by atoms with Crippen LogP contribution in [0.25, 0.3) is 0 Å². The Morgan fingerprint density at radius 1 is 1.62 bits per heavy atom. The van der Waals surface area contributed by atoms with Gasteiger partial charge >= 0.3 is 0 Å². The first kappa shape index (κ1) is 13.3. The fourth-order valence-corrected chi connectivity index (χ4v) is 1.75. The summed E-state index contributed by atoms with van der Waals surface area (Å²) < 4.78 is 5.38. The second-order valence-corrected chi connectivity index (χ2v) is 4.99. The molecule has 1 atom stereocenters. The smallest absolute Gasteiger partial charge is 0.144 e. The maximum Gasteiger partial charge on any atom is 0.144 e. The lowest BCUT2D eigenvalue weighted by Gasteiger charge is -2.27. The van der Waals surface area contributed by atoms with Crippen LogP contribution in [0.1, 0.15) is 33.1 Å². The van der Waals surface area contributed by atoms with E-state index in [2.05, 4.69) is 10.5 Å². The minimum atomic E-state index is -0.267. The Morgan fingerprint density at radius 3 is 2.94 bits per heavy atom. The molecule has 0 aliphatic carbocycles. The van der Waals surface area contributed by atoms with E-state index in [1.165, 1.54) is 6.42 Å². The Balaban J connectivity index is 2.23. The predicted octanol–water partition coefficient (Wildman–Crippen LogP) is 0.918. The molecule has 1 fully saturated rings. The van der Waals surface area contributed by atoms with Crippen molar-refractivity contribution in [1.82, 2.24) is 5.32 Å². The maximum atomic E-state index is 8.64. The van der Waals surface area contributed by atoms with E-state index >= 15 is 0 Å². The van der Waals surface area contributed by atoms with Gasteiger partial charge in [0.2, 0.25) is 0 Å². The number of nitrogens with two attached hydrogens (primary N) is 1. The van der Waals surface area contributed by atoms with Crippen LogP contribution in [0.4, 0.5) is 0 Å². The molecule has 1 saturated heterocycles.